The molecule has 0 amide bonds. The maximum atomic E-state index is 13.0. The molecule has 0 aliphatic carbocycles. The van der Waals surface area contributed by atoms with E-state index in [2.05, 4.69) is 9.55 Å². The number of hydrogen-bond donors (Lipinski definition) is 0. The minimum Gasteiger partial charge on any atom is -0.455 e. The number of nitrogens with zero attached hydrogens (tertiary/aromatic N) is 3. The van der Waals surface area contributed by atoms with Crippen LogP contribution in [0.3, 0.4) is 0 Å². The fraction of sp³-hybridized carbons (Fsp3) is 0.250. The highest BCUT2D eigenvalue weighted by Gasteiger charge is 2.23. The summed E-state index contributed by atoms with van der Waals surface area (Å²) in [6.45, 7) is 7.92. The molecule has 0 aliphatic rings. The Morgan fingerprint density at radius 2 is 1.89 bits per heavy atom. The quantitative estimate of drug-likeness (QED) is 0.470. The largest absolute Gasteiger partial charge is 0.455 e. The van der Waals surface area contributed by atoms with Crippen molar-refractivity contribution in [1.29, 1.82) is 0 Å². The van der Waals surface area contributed by atoms with Crippen LogP contribution in [-0.2, 0) is 11.3 Å². The average Bonchev–Trinajstić information content (AvgIpc) is 3.32. The normalized spacial score (nSPS) is 11.3. The van der Waals surface area contributed by atoms with E-state index in [0.29, 0.717) is 16.2 Å². The molecule has 0 aromatic carbocycles. The second kappa shape index (κ2) is 7.03. The van der Waals surface area contributed by atoms with E-state index in [4.69, 9.17) is 4.74 Å². The number of aromatic nitrogens is 3. The van der Waals surface area contributed by atoms with Crippen LogP contribution in [0.5, 0.6) is 0 Å². The molecule has 0 N–H and O–H groups in total. The van der Waals surface area contributed by atoms with E-state index in [9.17, 15) is 9.59 Å². The summed E-state index contributed by atoms with van der Waals surface area (Å²) in [5.74, 6) is -0.405. The number of esters is 1. The Hall–Kier alpha value is -2.71. The Morgan fingerprint density at radius 1 is 1.18 bits per heavy atom. The molecule has 8 heteroatoms. The molecule has 0 saturated heterocycles. The topological polar surface area (TPSA) is 65.6 Å². The Morgan fingerprint density at radius 3 is 2.61 bits per heavy atom. The Balaban J connectivity index is 1.66. The molecule has 144 valence electrons. The van der Waals surface area contributed by atoms with Gasteiger partial charge < -0.3 is 9.30 Å². The van der Waals surface area contributed by atoms with Gasteiger partial charge in [-0.05, 0) is 45.4 Å². The van der Waals surface area contributed by atoms with Gasteiger partial charge in [0.15, 0.2) is 4.96 Å². The lowest BCUT2D eigenvalue weighted by molar-refractivity contribution is 0.0467. The monoisotopic (exact) mass is 413 g/mol. The van der Waals surface area contributed by atoms with E-state index < -0.39 is 5.97 Å². The van der Waals surface area contributed by atoms with Crippen molar-refractivity contribution < 1.29 is 9.53 Å². The predicted molar refractivity (Wildman–Crippen MR) is 111 cm³/mol. The molecule has 0 fully saturated rings. The van der Waals surface area contributed by atoms with E-state index in [0.717, 1.165) is 26.8 Å². The molecule has 28 heavy (non-hydrogen) atoms. The van der Waals surface area contributed by atoms with Crippen LogP contribution in [0, 0.1) is 27.7 Å². The second-order valence-corrected chi connectivity index (χ2v) is 8.71. The number of hydrogen-bond acceptors (Lipinski definition) is 6. The number of carbonyl (C=O) groups is 1. The van der Waals surface area contributed by atoms with Crippen molar-refractivity contribution in [3.63, 3.8) is 0 Å². The highest BCUT2D eigenvalue weighted by Crippen LogP contribution is 2.33. The van der Waals surface area contributed by atoms with Gasteiger partial charge in [-0.15, -0.1) is 22.7 Å². The van der Waals surface area contributed by atoms with Crippen molar-refractivity contribution in [3.8, 4) is 5.00 Å². The smallest absolute Gasteiger partial charge is 0.341 e. The van der Waals surface area contributed by atoms with Crippen LogP contribution in [0.25, 0.3) is 9.96 Å². The van der Waals surface area contributed by atoms with Crippen LogP contribution in [0.15, 0.2) is 34.6 Å². The number of fused-ring (bicyclic) bond motifs is 1. The van der Waals surface area contributed by atoms with Gasteiger partial charge in [0.25, 0.3) is 5.56 Å². The minimum absolute atomic E-state index is 0.0418. The molecule has 4 aromatic heterocycles. The molecule has 0 unspecified atom stereocenters. The zero-order valence-electron chi connectivity index (χ0n) is 16.0. The number of thiophene rings is 1. The third-order valence-electron chi connectivity index (χ3n) is 4.75. The summed E-state index contributed by atoms with van der Waals surface area (Å²) in [6.07, 6.45) is 1.68. The lowest BCUT2D eigenvalue weighted by Gasteiger charge is -2.11. The van der Waals surface area contributed by atoms with E-state index in [1.807, 2.05) is 39.8 Å². The van der Waals surface area contributed by atoms with Gasteiger partial charge in [-0.2, -0.15) is 0 Å². The van der Waals surface area contributed by atoms with Gasteiger partial charge in [0.2, 0.25) is 0 Å². The second-order valence-electron chi connectivity index (χ2n) is 6.63. The van der Waals surface area contributed by atoms with Crippen LogP contribution in [0.4, 0.5) is 0 Å². The summed E-state index contributed by atoms with van der Waals surface area (Å²) in [5.41, 5.74) is 3.87. The molecule has 0 saturated carbocycles. The van der Waals surface area contributed by atoms with Crippen LogP contribution in [-0.4, -0.2) is 19.9 Å². The van der Waals surface area contributed by atoms with Gasteiger partial charge in [-0.25, -0.2) is 9.78 Å². The first-order valence-electron chi connectivity index (χ1n) is 8.75. The summed E-state index contributed by atoms with van der Waals surface area (Å²) < 4.78 is 9.10. The van der Waals surface area contributed by atoms with E-state index in [1.165, 1.54) is 21.8 Å². The summed E-state index contributed by atoms with van der Waals surface area (Å²) in [6, 6.07) is 5.46. The molecular weight excluding hydrogens is 394 g/mol. The maximum Gasteiger partial charge on any atom is 0.341 e. The Labute approximate surface area is 169 Å². The lowest BCUT2D eigenvalue weighted by atomic mass is 10.1. The zero-order chi connectivity index (χ0) is 20.0. The number of thiazole rings is 1. The summed E-state index contributed by atoms with van der Waals surface area (Å²) in [4.78, 5) is 31.1. The molecular formula is C20H19N3O3S2. The van der Waals surface area contributed by atoms with Crippen molar-refractivity contribution >= 4 is 33.6 Å². The highest BCUT2D eigenvalue weighted by molar-refractivity contribution is 7.15. The molecule has 0 atom stereocenters. The van der Waals surface area contributed by atoms with E-state index in [1.54, 1.807) is 22.9 Å². The van der Waals surface area contributed by atoms with Crippen LogP contribution < -0.4 is 5.56 Å². The maximum absolute atomic E-state index is 13.0. The molecule has 0 aliphatic heterocycles. The number of ether oxygens (including phenoxy) is 1. The van der Waals surface area contributed by atoms with Crippen molar-refractivity contribution in [2.75, 3.05) is 0 Å². The first-order chi connectivity index (χ1) is 13.4. The van der Waals surface area contributed by atoms with Crippen molar-refractivity contribution in [1.82, 2.24) is 14.0 Å². The van der Waals surface area contributed by atoms with Gasteiger partial charge in [0.1, 0.15) is 11.6 Å². The minimum atomic E-state index is -0.405. The molecule has 4 rings (SSSR count). The zero-order valence-corrected chi connectivity index (χ0v) is 17.6. The van der Waals surface area contributed by atoms with Gasteiger partial charge in [0, 0.05) is 33.9 Å². The Bertz CT molecular complexity index is 1240. The third kappa shape index (κ3) is 3.08. The van der Waals surface area contributed by atoms with Gasteiger partial charge in [0.05, 0.1) is 11.3 Å². The first kappa shape index (κ1) is 18.6. The van der Waals surface area contributed by atoms with Crippen LogP contribution >= 0.6 is 22.7 Å². The predicted octanol–water partition coefficient (Wildman–Crippen LogP) is 4.20. The van der Waals surface area contributed by atoms with Crippen LogP contribution in [0.2, 0.25) is 0 Å². The Kier molecular flexibility index (Phi) is 4.68. The molecule has 4 heterocycles. The number of carbonyl (C=O) groups excluding carboxylic acids is 1. The van der Waals surface area contributed by atoms with Crippen molar-refractivity contribution in [2.45, 2.75) is 34.3 Å². The molecule has 0 bridgehead atoms. The van der Waals surface area contributed by atoms with Crippen molar-refractivity contribution in [2.24, 2.45) is 0 Å². The summed E-state index contributed by atoms with van der Waals surface area (Å²) >= 11 is 2.94. The average molecular weight is 414 g/mol. The van der Waals surface area contributed by atoms with E-state index in [-0.39, 0.29) is 12.2 Å². The first-order valence-corrected chi connectivity index (χ1v) is 10.4. The SMILES string of the molecule is Cc1sc(-n2c(C)ccc2C)c(C(=O)OCc2cc(=O)n3ccsc3n2)c1C. The molecule has 0 radical (unpaired) electrons. The number of rotatable bonds is 4. The van der Waals surface area contributed by atoms with Gasteiger partial charge in [-0.3, -0.25) is 9.20 Å². The standard InChI is InChI=1S/C20H19N3O3S2/c1-11-5-6-12(2)23(11)18-17(13(3)14(4)28-18)19(25)26-10-15-9-16(24)22-7-8-27-20(22)21-15/h5-9H,10H2,1-4H3. The fourth-order valence-electron chi connectivity index (χ4n) is 3.17. The summed E-state index contributed by atoms with van der Waals surface area (Å²) in [5, 5.41) is 2.66. The van der Waals surface area contributed by atoms with Gasteiger partial charge >= 0.3 is 5.97 Å². The summed E-state index contributed by atoms with van der Waals surface area (Å²) in [7, 11) is 0. The van der Waals surface area contributed by atoms with Crippen molar-refractivity contribution in [3.05, 3.63) is 73.2 Å². The third-order valence-corrected chi connectivity index (χ3v) is 6.70. The van der Waals surface area contributed by atoms with E-state index >= 15 is 0 Å². The van der Waals surface area contributed by atoms with Gasteiger partial charge in [-0.1, -0.05) is 0 Å². The fourth-order valence-corrected chi connectivity index (χ4v) is 5.17. The number of aryl methyl sites for hydroxylation is 3. The lowest BCUT2D eigenvalue weighted by Crippen LogP contribution is -2.15. The molecule has 0 spiro atoms. The van der Waals surface area contributed by atoms with Crippen LogP contribution in [0.1, 0.15) is 37.9 Å². The highest BCUT2D eigenvalue weighted by atomic mass is 32.1. The molecule has 4 aromatic rings. The molecule has 6 nitrogen and oxygen atoms in total.